The van der Waals surface area contributed by atoms with Crippen LogP contribution in [0.5, 0.6) is 0 Å². The number of rotatable bonds is 3. The third-order valence-corrected chi connectivity index (χ3v) is 4.56. The van der Waals surface area contributed by atoms with Crippen LogP contribution in [0.2, 0.25) is 0 Å². The number of fused-ring (bicyclic) bond motifs is 1. The van der Waals surface area contributed by atoms with Gasteiger partial charge in [0, 0.05) is 0 Å². The Labute approximate surface area is 128 Å². The highest BCUT2D eigenvalue weighted by molar-refractivity contribution is 7.86. The van der Waals surface area contributed by atoms with Gasteiger partial charge in [0.25, 0.3) is 0 Å². The highest BCUT2D eigenvalue weighted by Crippen LogP contribution is 2.17. The van der Waals surface area contributed by atoms with Crippen LogP contribution in [0.25, 0.3) is 10.8 Å². The molecule has 1 aromatic heterocycles. The highest BCUT2D eigenvalue weighted by Gasteiger charge is 2.22. The first-order valence-corrected chi connectivity index (χ1v) is 8.09. The van der Waals surface area contributed by atoms with Gasteiger partial charge >= 0.3 is 15.9 Å². The fourth-order valence-corrected chi connectivity index (χ4v) is 3.04. The predicted octanol–water partition coefficient (Wildman–Crippen LogP) is 1.84. The molecule has 2 aromatic carbocycles. The molecule has 0 bridgehead atoms. The first-order chi connectivity index (χ1) is 10.5. The van der Waals surface area contributed by atoms with Crippen LogP contribution < -0.4 is 14.7 Å². The Hall–Kier alpha value is -2.60. The molecular weight excluding hydrogens is 300 g/mol. The Balaban J connectivity index is 2.02. The zero-order valence-electron chi connectivity index (χ0n) is 11.9. The van der Waals surface area contributed by atoms with Crippen molar-refractivity contribution in [3.8, 4) is 0 Å². The maximum Gasteiger partial charge on any atom is 0.376 e. The molecule has 22 heavy (non-hydrogen) atoms. The molecule has 2 N–H and O–H groups in total. The number of anilines is 1. The van der Waals surface area contributed by atoms with E-state index in [1.807, 2.05) is 31.2 Å². The maximum absolute atomic E-state index is 12.3. The van der Waals surface area contributed by atoms with Crippen molar-refractivity contribution in [3.63, 3.8) is 0 Å². The number of nitrogen functional groups attached to an aromatic ring is 1. The van der Waals surface area contributed by atoms with Crippen LogP contribution in [0.15, 0.2) is 65.7 Å². The molecule has 0 aliphatic heterocycles. The number of aromatic nitrogens is 1. The van der Waals surface area contributed by atoms with Crippen LogP contribution in [-0.4, -0.2) is 8.42 Å². The van der Waals surface area contributed by atoms with Crippen molar-refractivity contribution in [2.45, 2.75) is 11.8 Å². The molecule has 0 saturated carbocycles. The summed E-state index contributed by atoms with van der Waals surface area (Å²) in [5.74, 6) is 0.230. The van der Waals surface area contributed by atoms with Gasteiger partial charge in [-0.15, -0.1) is 0 Å². The van der Waals surface area contributed by atoms with Crippen molar-refractivity contribution in [1.82, 2.24) is 0 Å². The molecular formula is C16H15N2O3S+. The molecule has 0 amide bonds. The molecule has 3 rings (SSSR count). The van der Waals surface area contributed by atoms with E-state index in [1.165, 1.54) is 18.3 Å². The largest absolute Gasteiger partial charge is 0.376 e. The Morgan fingerprint density at radius 1 is 1.00 bits per heavy atom. The molecule has 112 valence electrons. The van der Waals surface area contributed by atoms with Crippen molar-refractivity contribution in [1.29, 1.82) is 0 Å². The van der Waals surface area contributed by atoms with Crippen LogP contribution in [0.3, 0.4) is 0 Å². The summed E-state index contributed by atoms with van der Waals surface area (Å²) in [6.45, 7) is 1.88. The van der Waals surface area contributed by atoms with E-state index in [-0.39, 0.29) is 10.7 Å². The van der Waals surface area contributed by atoms with Gasteiger partial charge in [-0.3, -0.25) is 5.73 Å². The van der Waals surface area contributed by atoms with Gasteiger partial charge in [0.2, 0.25) is 0 Å². The summed E-state index contributed by atoms with van der Waals surface area (Å²) in [7, 11) is -3.94. The minimum absolute atomic E-state index is 0.0816. The second-order valence-corrected chi connectivity index (χ2v) is 6.48. The summed E-state index contributed by atoms with van der Waals surface area (Å²) in [4.78, 5) is 0.0816. The first-order valence-electron chi connectivity index (χ1n) is 6.68. The number of aryl methyl sites for hydroxylation is 1. The molecule has 0 saturated heterocycles. The average Bonchev–Trinajstić information content (AvgIpc) is 2.51. The molecule has 1 heterocycles. The first kappa shape index (κ1) is 14.3. The van der Waals surface area contributed by atoms with Gasteiger partial charge in [-0.2, -0.15) is 12.7 Å². The molecule has 6 heteroatoms. The Morgan fingerprint density at radius 3 is 2.41 bits per heavy atom. The lowest BCUT2D eigenvalue weighted by Crippen LogP contribution is -2.47. The number of benzene rings is 2. The van der Waals surface area contributed by atoms with Crippen molar-refractivity contribution in [2.75, 3.05) is 5.73 Å². The molecule has 0 atom stereocenters. The predicted molar refractivity (Wildman–Crippen MR) is 83.5 cm³/mol. The van der Waals surface area contributed by atoms with E-state index >= 15 is 0 Å². The highest BCUT2D eigenvalue weighted by atomic mass is 32.2. The Kier molecular flexibility index (Phi) is 3.46. The smallest absolute Gasteiger partial charge is 0.283 e. The summed E-state index contributed by atoms with van der Waals surface area (Å²) in [5.41, 5.74) is 6.97. The van der Waals surface area contributed by atoms with Gasteiger partial charge in [-0.1, -0.05) is 35.9 Å². The molecule has 0 spiro atoms. The van der Waals surface area contributed by atoms with E-state index in [1.54, 1.807) is 18.2 Å². The number of pyridine rings is 1. The second kappa shape index (κ2) is 5.31. The van der Waals surface area contributed by atoms with Gasteiger partial charge in [0.05, 0.1) is 5.39 Å². The number of hydrogen-bond donors (Lipinski definition) is 1. The molecule has 3 aromatic rings. The van der Waals surface area contributed by atoms with E-state index in [2.05, 4.69) is 0 Å². The Bertz CT molecular complexity index is 935. The summed E-state index contributed by atoms with van der Waals surface area (Å²) < 4.78 is 30.8. The molecule has 5 nitrogen and oxygen atoms in total. The lowest BCUT2D eigenvalue weighted by Gasteiger charge is -2.07. The zero-order chi connectivity index (χ0) is 15.7. The van der Waals surface area contributed by atoms with Gasteiger partial charge in [-0.25, -0.2) is 0 Å². The minimum Gasteiger partial charge on any atom is -0.283 e. The van der Waals surface area contributed by atoms with E-state index in [9.17, 15) is 8.42 Å². The number of hydrogen-bond acceptors (Lipinski definition) is 4. The standard InChI is InChI=1S/C16H14N2O3S/c1-12-6-8-14(9-7-12)22(19,20)21-18-11-10-13-4-2-3-5-15(13)16(18)17/h2-11,17H,1H3/p+1. The maximum atomic E-state index is 12.3. The second-order valence-electron chi connectivity index (χ2n) is 4.96. The van der Waals surface area contributed by atoms with Crippen LogP contribution in [0, 0.1) is 6.92 Å². The Morgan fingerprint density at radius 2 is 1.68 bits per heavy atom. The van der Waals surface area contributed by atoms with E-state index in [0.29, 0.717) is 0 Å². The lowest BCUT2D eigenvalue weighted by atomic mass is 10.2. The normalized spacial score (nSPS) is 11.5. The van der Waals surface area contributed by atoms with E-state index in [0.717, 1.165) is 21.1 Å². The summed E-state index contributed by atoms with van der Waals surface area (Å²) >= 11 is 0. The van der Waals surface area contributed by atoms with E-state index in [4.69, 9.17) is 10.0 Å². The van der Waals surface area contributed by atoms with Gasteiger partial charge in [-0.05, 0) is 41.3 Å². The fraction of sp³-hybridized carbons (Fsp3) is 0.0625. The molecule has 0 fully saturated rings. The van der Waals surface area contributed by atoms with Gasteiger partial charge < -0.3 is 0 Å². The molecule has 0 aliphatic rings. The SMILES string of the molecule is Cc1ccc(S(=O)(=O)O[n+]2ccc3ccccc3c2N)cc1. The monoisotopic (exact) mass is 315 g/mol. The van der Waals surface area contributed by atoms with Crippen LogP contribution in [0.1, 0.15) is 5.56 Å². The van der Waals surface area contributed by atoms with Crippen LogP contribution >= 0.6 is 0 Å². The fourth-order valence-electron chi connectivity index (χ4n) is 2.14. The zero-order valence-corrected chi connectivity index (χ0v) is 12.7. The van der Waals surface area contributed by atoms with E-state index < -0.39 is 10.1 Å². The minimum atomic E-state index is -3.94. The van der Waals surface area contributed by atoms with Crippen molar-refractivity contribution >= 4 is 26.7 Å². The molecule has 0 radical (unpaired) electrons. The number of nitrogens with two attached hydrogens (primary N) is 1. The third-order valence-electron chi connectivity index (χ3n) is 3.35. The quantitative estimate of drug-likeness (QED) is 0.749. The van der Waals surface area contributed by atoms with Crippen LogP contribution in [-0.2, 0) is 10.1 Å². The topological polar surface area (TPSA) is 73.3 Å². The molecule has 0 aliphatic carbocycles. The third kappa shape index (κ3) is 2.60. The van der Waals surface area contributed by atoms with Crippen LogP contribution in [0.4, 0.5) is 5.82 Å². The van der Waals surface area contributed by atoms with Gasteiger partial charge in [0.1, 0.15) is 11.1 Å². The van der Waals surface area contributed by atoms with Crippen molar-refractivity contribution in [3.05, 3.63) is 66.4 Å². The lowest BCUT2D eigenvalue weighted by molar-refractivity contribution is -0.843. The van der Waals surface area contributed by atoms with Crippen molar-refractivity contribution < 1.29 is 17.4 Å². The van der Waals surface area contributed by atoms with Crippen molar-refractivity contribution in [2.24, 2.45) is 0 Å². The summed E-state index contributed by atoms with van der Waals surface area (Å²) in [6, 6.07) is 15.6. The number of nitrogens with zero attached hydrogens (tertiary/aromatic N) is 1. The summed E-state index contributed by atoms with van der Waals surface area (Å²) in [5, 5.41) is 1.64. The molecule has 0 unspecified atom stereocenters. The summed E-state index contributed by atoms with van der Waals surface area (Å²) in [6.07, 6.45) is 1.49. The van der Waals surface area contributed by atoms with Gasteiger partial charge in [0.15, 0.2) is 0 Å². The average molecular weight is 315 g/mol.